The van der Waals surface area contributed by atoms with Gasteiger partial charge in [-0.1, -0.05) is 0 Å². The second-order valence-corrected chi connectivity index (χ2v) is 12.8. The third kappa shape index (κ3) is 44.7. The molecule has 0 unspecified atom stereocenters. The molecule has 0 heterocycles. The van der Waals surface area contributed by atoms with Gasteiger partial charge in [0.05, 0.1) is 33.9 Å². The first-order valence-electron chi connectivity index (χ1n) is 7.51. The summed E-state index contributed by atoms with van der Waals surface area (Å²) in [6.45, 7) is -0.250. The van der Waals surface area contributed by atoms with Crippen molar-refractivity contribution in [1.29, 1.82) is 0 Å². The molecule has 0 saturated carbocycles. The van der Waals surface area contributed by atoms with Crippen molar-refractivity contribution in [3.8, 4) is 0 Å². The van der Waals surface area contributed by atoms with Crippen LogP contribution >= 0.6 is 123 Å². The highest BCUT2D eigenvalue weighted by Crippen LogP contribution is 2.37. The molecule has 4 N–H and O–H groups in total. The number of hydrogen-bond acceptors (Lipinski definition) is 14. The summed E-state index contributed by atoms with van der Waals surface area (Å²) in [6.07, 6.45) is 1.16. The predicted octanol–water partition coefficient (Wildman–Crippen LogP) is 3.48. The number of rotatable bonds is 13. The van der Waals surface area contributed by atoms with Gasteiger partial charge in [-0.2, -0.15) is 75.8 Å². The number of carboxylic acids is 2. The van der Waals surface area contributed by atoms with Crippen molar-refractivity contribution in [1.82, 2.24) is 0 Å². The summed E-state index contributed by atoms with van der Waals surface area (Å²) in [7, 11) is 0. The Bertz CT molecular complexity index is 301. The fourth-order valence-corrected chi connectivity index (χ4v) is 8.28. The number of thioether (sulfide) groups is 4. The monoisotopic (exact) mass is 602 g/mol. The van der Waals surface area contributed by atoms with Crippen molar-refractivity contribution in [2.24, 2.45) is 0 Å². The second kappa shape index (κ2) is 35.0. The molecule has 0 radical (unpaired) electrons. The molecular formula is C13H30O6S10. The Morgan fingerprint density at radius 2 is 0.828 bits per heavy atom. The molecule has 29 heavy (non-hydrogen) atoms. The van der Waals surface area contributed by atoms with E-state index in [2.05, 4.69) is 75.8 Å². The molecule has 0 aliphatic rings. The zero-order valence-corrected chi connectivity index (χ0v) is 24.1. The molecule has 0 aromatic carbocycles. The summed E-state index contributed by atoms with van der Waals surface area (Å²) in [5.41, 5.74) is 0. The van der Waals surface area contributed by atoms with E-state index in [1.54, 1.807) is 0 Å². The summed E-state index contributed by atoms with van der Waals surface area (Å²) in [5.74, 6) is -1.93. The largest absolute Gasteiger partial charge is 0.481 e. The molecule has 0 saturated heterocycles. The summed E-state index contributed by atoms with van der Waals surface area (Å²) in [4.78, 5) is 18.6. The quantitative estimate of drug-likeness (QED) is 0.114. The summed E-state index contributed by atoms with van der Waals surface area (Å²) < 4.78 is 1.18. The smallest absolute Gasteiger partial charge is 0.313 e. The number of aliphatic carboxylic acids is 2. The van der Waals surface area contributed by atoms with Crippen LogP contribution < -0.4 is 0 Å². The Morgan fingerprint density at radius 1 is 0.621 bits per heavy atom. The fraction of sp³-hybridized carbons (Fsp3) is 0.846. The molecule has 0 aromatic heterocycles. The van der Waals surface area contributed by atoms with Gasteiger partial charge in [0.1, 0.15) is 0 Å². The average molecular weight is 603 g/mol. The van der Waals surface area contributed by atoms with Crippen molar-refractivity contribution in [3.63, 3.8) is 0 Å². The molecule has 0 atom stereocenters. The summed E-state index contributed by atoms with van der Waals surface area (Å²) in [5, 5.41) is 34.0. The highest BCUT2D eigenvalue weighted by Gasteiger charge is 2.16. The van der Waals surface area contributed by atoms with Gasteiger partial charge in [0.2, 0.25) is 0 Å². The molecule has 16 heteroatoms. The fourth-order valence-electron chi connectivity index (χ4n) is 0.858. The molecule has 0 rings (SSSR count). The maximum Gasteiger partial charge on any atom is 0.313 e. The number of carbonyl (C=O) groups is 2. The Balaban J connectivity index is -0.000000182. The molecule has 6 nitrogen and oxygen atoms in total. The number of carboxylic acid groups (broad SMARTS) is 2. The van der Waals surface area contributed by atoms with Crippen LogP contribution in [0.4, 0.5) is 0 Å². The molecule has 0 aliphatic heterocycles. The molecular weight excluding hydrogens is 573 g/mol. The van der Waals surface area contributed by atoms with Gasteiger partial charge >= 0.3 is 11.9 Å². The Hall–Kier alpha value is 2.36. The van der Waals surface area contributed by atoms with Crippen LogP contribution in [0.3, 0.4) is 0 Å². The maximum absolute atomic E-state index is 9.29. The van der Waals surface area contributed by atoms with Gasteiger partial charge in [0.25, 0.3) is 0 Å². The van der Waals surface area contributed by atoms with Crippen LogP contribution in [0.1, 0.15) is 6.42 Å². The van der Waals surface area contributed by atoms with Gasteiger partial charge in [-0.25, -0.2) is 0 Å². The lowest BCUT2D eigenvalue weighted by Gasteiger charge is -2.20. The van der Waals surface area contributed by atoms with Crippen LogP contribution in [0.2, 0.25) is 0 Å². The van der Waals surface area contributed by atoms with Gasteiger partial charge in [-0.15, -0.1) is 47.0 Å². The van der Waals surface area contributed by atoms with Crippen LogP contribution in [0.25, 0.3) is 0 Å². The normalized spacial score (nSPS) is 9.59. The number of aliphatic hydroxyl groups is 2. The lowest BCUT2D eigenvalue weighted by molar-refractivity contribution is -0.134. The first-order valence-corrected chi connectivity index (χ1v) is 15.5. The SMILES string of the molecule is O=C(O)CS.O=C(O)CS.OCCO.SCSC(CC(SCS)SCS)SCS. The van der Waals surface area contributed by atoms with Crippen molar-refractivity contribution in [2.45, 2.75) is 15.6 Å². The Morgan fingerprint density at radius 3 is 0.931 bits per heavy atom. The average Bonchev–Trinajstić information content (AvgIpc) is 2.69. The predicted molar refractivity (Wildman–Crippen MR) is 155 cm³/mol. The molecule has 0 amide bonds. The molecule has 0 aliphatic carbocycles. The van der Waals surface area contributed by atoms with Gasteiger partial charge in [-0.3, -0.25) is 9.59 Å². The van der Waals surface area contributed by atoms with E-state index in [1.165, 1.54) is 0 Å². The minimum Gasteiger partial charge on any atom is -0.481 e. The number of aliphatic hydroxyl groups excluding tert-OH is 2. The summed E-state index contributed by atoms with van der Waals surface area (Å²) >= 11 is 31.4. The topological polar surface area (TPSA) is 115 Å². The van der Waals surface area contributed by atoms with Crippen molar-refractivity contribution in [3.05, 3.63) is 0 Å². The molecule has 0 aromatic rings. The Kier molecular flexibility index (Phi) is 46.6. The van der Waals surface area contributed by atoms with Gasteiger partial charge in [0.15, 0.2) is 0 Å². The van der Waals surface area contributed by atoms with Gasteiger partial charge in [-0.05, 0) is 6.42 Å². The van der Waals surface area contributed by atoms with E-state index in [0.29, 0.717) is 9.16 Å². The highest BCUT2D eigenvalue weighted by atomic mass is 32.2. The minimum absolute atomic E-state index is 0.0833. The maximum atomic E-state index is 9.29. The van der Waals surface area contributed by atoms with Crippen molar-refractivity contribution in [2.75, 3.05) is 45.1 Å². The number of thiol groups is 6. The summed E-state index contributed by atoms with van der Waals surface area (Å²) in [6, 6.07) is 0. The zero-order valence-electron chi connectivity index (χ0n) is 15.4. The van der Waals surface area contributed by atoms with Crippen LogP contribution in [0, 0.1) is 0 Å². The van der Waals surface area contributed by atoms with E-state index in [0.717, 1.165) is 26.8 Å². The third-order valence-electron chi connectivity index (χ3n) is 1.80. The van der Waals surface area contributed by atoms with Crippen LogP contribution in [-0.2, 0) is 9.59 Å². The van der Waals surface area contributed by atoms with E-state index < -0.39 is 11.9 Å². The van der Waals surface area contributed by atoms with E-state index in [9.17, 15) is 9.59 Å². The third-order valence-corrected chi connectivity index (χ3v) is 8.61. The van der Waals surface area contributed by atoms with E-state index in [1.807, 2.05) is 47.0 Å². The first kappa shape index (κ1) is 38.6. The lowest BCUT2D eigenvalue weighted by Crippen LogP contribution is -2.08. The second-order valence-electron chi connectivity index (χ2n) is 3.83. The molecule has 0 spiro atoms. The van der Waals surface area contributed by atoms with E-state index in [-0.39, 0.29) is 24.7 Å². The van der Waals surface area contributed by atoms with Crippen LogP contribution in [-0.4, -0.2) is 86.6 Å². The molecule has 0 bridgehead atoms. The molecule has 178 valence electrons. The Labute approximate surface area is 223 Å². The standard InChI is InChI=1S/C7H16S8.2C2H4O2S.C2H6O2/c8-2-12-6(13-3-9)1-7(14-4-10)15-5-11;2*3-2(4)1-5;3-1-2-4/h6-11H,1-5H2;2*5H,1H2,(H,3,4);3-4H,1-2H2. The highest BCUT2D eigenvalue weighted by molar-refractivity contribution is 8.24. The van der Waals surface area contributed by atoms with Gasteiger partial charge in [0, 0.05) is 20.3 Å². The lowest BCUT2D eigenvalue weighted by atomic mass is 10.5. The first-order chi connectivity index (χ1) is 13.7. The van der Waals surface area contributed by atoms with Crippen LogP contribution in [0.15, 0.2) is 0 Å². The molecule has 0 fully saturated rings. The minimum atomic E-state index is -0.881. The zero-order chi connectivity index (χ0) is 23.5. The van der Waals surface area contributed by atoms with Crippen LogP contribution in [0.5, 0.6) is 0 Å². The van der Waals surface area contributed by atoms with Crippen molar-refractivity contribution < 1.29 is 30.0 Å². The number of hydrogen-bond donors (Lipinski definition) is 10. The van der Waals surface area contributed by atoms with Gasteiger partial charge < -0.3 is 20.4 Å². The van der Waals surface area contributed by atoms with E-state index in [4.69, 9.17) is 20.4 Å². The van der Waals surface area contributed by atoms with E-state index >= 15 is 0 Å². The van der Waals surface area contributed by atoms with Crippen molar-refractivity contribution >= 4 is 135 Å².